The van der Waals surface area contributed by atoms with Crippen LogP contribution in [0.1, 0.15) is 43.7 Å². The molecule has 2 rings (SSSR count). The molecule has 1 N–H and O–H groups in total. The molecular weight excluding hydrogens is 300 g/mol. The lowest BCUT2D eigenvalue weighted by molar-refractivity contribution is 0.0684. The van der Waals surface area contributed by atoms with Crippen molar-refractivity contribution < 1.29 is 4.79 Å². The summed E-state index contributed by atoms with van der Waals surface area (Å²) in [7, 11) is 0. The van der Waals surface area contributed by atoms with Crippen LogP contribution in [-0.4, -0.2) is 33.4 Å². The lowest BCUT2D eigenvalue weighted by atomic mass is 10.1. The fourth-order valence-corrected chi connectivity index (χ4v) is 2.27. The summed E-state index contributed by atoms with van der Waals surface area (Å²) in [6.45, 7) is 9.59. The van der Waals surface area contributed by atoms with Gasteiger partial charge in [-0.25, -0.2) is 9.97 Å². The Morgan fingerprint density at radius 3 is 2.46 bits per heavy atom. The standard InChI is InChI=1S/C19H26N4O/c1-14(2)12-21-19-20-11-10-17(22-19)18(24)23(15(3)4)13-16-8-6-5-7-9-16/h5-11,14-15H,12-13H2,1-4H3,(H,20,21,22). The van der Waals surface area contributed by atoms with E-state index in [9.17, 15) is 4.79 Å². The number of carbonyl (C=O) groups is 1. The summed E-state index contributed by atoms with van der Waals surface area (Å²) in [6.07, 6.45) is 1.63. The van der Waals surface area contributed by atoms with Gasteiger partial charge in [0.25, 0.3) is 5.91 Å². The molecule has 5 nitrogen and oxygen atoms in total. The minimum Gasteiger partial charge on any atom is -0.354 e. The van der Waals surface area contributed by atoms with Gasteiger partial charge in [-0.1, -0.05) is 44.2 Å². The third kappa shape index (κ3) is 5.05. The Kier molecular flexibility index (Phi) is 6.29. The van der Waals surface area contributed by atoms with Crippen molar-refractivity contribution in [1.82, 2.24) is 14.9 Å². The van der Waals surface area contributed by atoms with Gasteiger partial charge in [0, 0.05) is 25.3 Å². The Balaban J connectivity index is 2.16. The minimum atomic E-state index is -0.0798. The molecule has 1 heterocycles. The van der Waals surface area contributed by atoms with Crippen LogP contribution in [-0.2, 0) is 6.54 Å². The lowest BCUT2D eigenvalue weighted by Crippen LogP contribution is -2.37. The molecule has 0 radical (unpaired) electrons. The zero-order chi connectivity index (χ0) is 17.5. The van der Waals surface area contributed by atoms with Crippen LogP contribution in [0.15, 0.2) is 42.6 Å². The summed E-state index contributed by atoms with van der Waals surface area (Å²) in [4.78, 5) is 23.3. The van der Waals surface area contributed by atoms with Gasteiger partial charge in [-0.15, -0.1) is 0 Å². The zero-order valence-corrected chi connectivity index (χ0v) is 14.9. The van der Waals surface area contributed by atoms with Gasteiger partial charge in [0.2, 0.25) is 5.95 Å². The van der Waals surface area contributed by atoms with Crippen molar-refractivity contribution in [3.05, 3.63) is 53.9 Å². The monoisotopic (exact) mass is 326 g/mol. The van der Waals surface area contributed by atoms with Crippen molar-refractivity contribution >= 4 is 11.9 Å². The first-order chi connectivity index (χ1) is 11.5. The Hall–Kier alpha value is -2.43. The van der Waals surface area contributed by atoms with Crippen LogP contribution in [0.3, 0.4) is 0 Å². The third-order valence-corrected chi connectivity index (χ3v) is 3.62. The Labute approximate surface area is 144 Å². The summed E-state index contributed by atoms with van der Waals surface area (Å²) in [5, 5.41) is 3.16. The van der Waals surface area contributed by atoms with Crippen LogP contribution < -0.4 is 5.32 Å². The highest BCUT2D eigenvalue weighted by Crippen LogP contribution is 2.13. The predicted molar refractivity (Wildman–Crippen MR) is 96.8 cm³/mol. The van der Waals surface area contributed by atoms with Crippen LogP contribution in [0.4, 0.5) is 5.95 Å². The maximum atomic E-state index is 12.9. The molecule has 0 fully saturated rings. The summed E-state index contributed by atoms with van der Waals surface area (Å²) < 4.78 is 0. The Bertz CT molecular complexity index is 655. The lowest BCUT2D eigenvalue weighted by Gasteiger charge is -2.26. The highest BCUT2D eigenvalue weighted by atomic mass is 16.2. The van der Waals surface area contributed by atoms with E-state index in [1.54, 1.807) is 12.3 Å². The number of anilines is 1. The number of nitrogens with one attached hydrogen (secondary N) is 1. The van der Waals surface area contributed by atoms with Crippen LogP contribution in [0.25, 0.3) is 0 Å². The number of rotatable bonds is 7. The van der Waals surface area contributed by atoms with E-state index in [1.807, 2.05) is 49.1 Å². The summed E-state index contributed by atoms with van der Waals surface area (Å²) >= 11 is 0. The second kappa shape index (κ2) is 8.43. The third-order valence-electron chi connectivity index (χ3n) is 3.62. The summed E-state index contributed by atoms with van der Waals surface area (Å²) in [5.74, 6) is 0.903. The molecule has 1 aromatic carbocycles. The molecule has 0 aliphatic rings. The van der Waals surface area contributed by atoms with Gasteiger partial charge in [0.15, 0.2) is 0 Å². The first kappa shape index (κ1) is 17.9. The molecule has 2 aromatic rings. The normalized spacial score (nSPS) is 10.9. The number of benzene rings is 1. The van der Waals surface area contributed by atoms with Crippen molar-refractivity contribution in [3.63, 3.8) is 0 Å². The molecule has 1 aromatic heterocycles. The van der Waals surface area contributed by atoms with E-state index in [1.165, 1.54) is 0 Å². The van der Waals surface area contributed by atoms with E-state index in [0.29, 0.717) is 24.1 Å². The smallest absolute Gasteiger partial charge is 0.273 e. The van der Waals surface area contributed by atoms with E-state index in [0.717, 1.165) is 12.1 Å². The number of aromatic nitrogens is 2. The van der Waals surface area contributed by atoms with Crippen molar-refractivity contribution in [2.45, 2.75) is 40.3 Å². The van der Waals surface area contributed by atoms with Crippen LogP contribution in [0.5, 0.6) is 0 Å². The molecule has 5 heteroatoms. The molecule has 0 atom stereocenters. The fraction of sp³-hybridized carbons (Fsp3) is 0.421. The number of nitrogens with zero attached hydrogens (tertiary/aromatic N) is 3. The molecule has 128 valence electrons. The highest BCUT2D eigenvalue weighted by Gasteiger charge is 2.20. The quantitative estimate of drug-likeness (QED) is 0.844. The van der Waals surface area contributed by atoms with E-state index < -0.39 is 0 Å². The van der Waals surface area contributed by atoms with Gasteiger partial charge in [-0.05, 0) is 31.4 Å². The van der Waals surface area contributed by atoms with E-state index in [2.05, 4.69) is 29.1 Å². The fourth-order valence-electron chi connectivity index (χ4n) is 2.27. The van der Waals surface area contributed by atoms with Crippen LogP contribution >= 0.6 is 0 Å². The summed E-state index contributed by atoms with van der Waals surface area (Å²) in [6, 6.07) is 11.7. The molecule has 1 amide bonds. The van der Waals surface area contributed by atoms with Gasteiger partial charge < -0.3 is 10.2 Å². The van der Waals surface area contributed by atoms with Gasteiger partial charge in [0.05, 0.1) is 0 Å². The van der Waals surface area contributed by atoms with Crippen molar-refractivity contribution in [1.29, 1.82) is 0 Å². The van der Waals surface area contributed by atoms with Gasteiger partial charge in [0.1, 0.15) is 5.69 Å². The molecule has 0 spiro atoms. The van der Waals surface area contributed by atoms with Gasteiger partial charge >= 0.3 is 0 Å². The molecule has 24 heavy (non-hydrogen) atoms. The number of carbonyl (C=O) groups excluding carboxylic acids is 1. The molecular formula is C19H26N4O. The molecule has 0 aliphatic carbocycles. The van der Waals surface area contributed by atoms with E-state index in [4.69, 9.17) is 0 Å². The molecule has 0 unspecified atom stereocenters. The number of hydrogen-bond donors (Lipinski definition) is 1. The minimum absolute atomic E-state index is 0.0798. The average Bonchev–Trinajstić information content (AvgIpc) is 2.58. The van der Waals surface area contributed by atoms with Gasteiger partial charge in [-0.3, -0.25) is 4.79 Å². The number of hydrogen-bond acceptors (Lipinski definition) is 4. The summed E-state index contributed by atoms with van der Waals surface area (Å²) in [5.41, 5.74) is 1.52. The maximum absolute atomic E-state index is 12.9. The average molecular weight is 326 g/mol. The van der Waals surface area contributed by atoms with E-state index >= 15 is 0 Å². The van der Waals surface area contributed by atoms with Crippen LogP contribution in [0, 0.1) is 5.92 Å². The van der Waals surface area contributed by atoms with Crippen molar-refractivity contribution in [3.8, 4) is 0 Å². The zero-order valence-electron chi connectivity index (χ0n) is 14.9. The van der Waals surface area contributed by atoms with Crippen molar-refractivity contribution in [2.75, 3.05) is 11.9 Å². The molecule has 0 saturated carbocycles. The van der Waals surface area contributed by atoms with Gasteiger partial charge in [-0.2, -0.15) is 0 Å². The SMILES string of the molecule is CC(C)CNc1nccc(C(=O)N(Cc2ccccc2)C(C)C)n1. The topological polar surface area (TPSA) is 58.1 Å². The maximum Gasteiger partial charge on any atom is 0.273 e. The molecule has 0 aliphatic heterocycles. The predicted octanol–water partition coefficient (Wildman–Crippen LogP) is 3.60. The number of amides is 1. The first-order valence-electron chi connectivity index (χ1n) is 8.39. The highest BCUT2D eigenvalue weighted by molar-refractivity contribution is 5.92. The largest absolute Gasteiger partial charge is 0.354 e. The Morgan fingerprint density at radius 2 is 1.83 bits per heavy atom. The van der Waals surface area contributed by atoms with E-state index in [-0.39, 0.29) is 11.9 Å². The first-order valence-corrected chi connectivity index (χ1v) is 8.39. The second-order valence-corrected chi connectivity index (χ2v) is 6.55. The molecule has 0 bridgehead atoms. The second-order valence-electron chi connectivity index (χ2n) is 6.55. The Morgan fingerprint density at radius 1 is 1.12 bits per heavy atom. The van der Waals surface area contributed by atoms with Crippen LogP contribution in [0.2, 0.25) is 0 Å². The molecule has 0 saturated heterocycles. The van der Waals surface area contributed by atoms with Crippen molar-refractivity contribution in [2.24, 2.45) is 5.92 Å².